The van der Waals surface area contributed by atoms with E-state index in [4.69, 9.17) is 19.2 Å². The van der Waals surface area contributed by atoms with Crippen LogP contribution >= 0.6 is 0 Å². The monoisotopic (exact) mass is 603 g/mol. The summed E-state index contributed by atoms with van der Waals surface area (Å²) in [5, 5.41) is 4.62. The smallest absolute Gasteiger partial charge is 0.410 e. The molecule has 11 heteroatoms. The second-order valence-corrected chi connectivity index (χ2v) is 26.6. The van der Waals surface area contributed by atoms with E-state index < -0.39 is 21.7 Å². The lowest BCUT2D eigenvalue weighted by Gasteiger charge is -2.39. The molecule has 0 saturated carbocycles. The van der Waals surface area contributed by atoms with Gasteiger partial charge in [0, 0.05) is 65.2 Å². The third kappa shape index (κ3) is 9.02. The summed E-state index contributed by atoms with van der Waals surface area (Å²) < 4.78 is 20.1. The van der Waals surface area contributed by atoms with E-state index >= 15 is 0 Å². The molecule has 2 aromatic heterocycles. The minimum absolute atomic E-state index is 0.180. The van der Waals surface area contributed by atoms with Crippen molar-refractivity contribution in [1.29, 1.82) is 0 Å². The number of aromatic nitrogens is 3. The lowest BCUT2D eigenvalue weighted by atomic mass is 9.88. The summed E-state index contributed by atoms with van der Waals surface area (Å²) in [5.41, 5.74) is 1.39. The maximum absolute atomic E-state index is 13.0. The second kappa shape index (κ2) is 12.7. The Hall–Kier alpha value is -1.96. The van der Waals surface area contributed by atoms with Crippen molar-refractivity contribution in [3.8, 4) is 0 Å². The van der Waals surface area contributed by atoms with Crippen molar-refractivity contribution in [3.05, 3.63) is 24.0 Å². The molecule has 0 N–H and O–H groups in total. The topological polar surface area (TPSA) is 81.4 Å². The second-order valence-electron chi connectivity index (χ2n) is 15.3. The zero-order valence-electron chi connectivity index (χ0n) is 26.9. The van der Waals surface area contributed by atoms with Crippen LogP contribution in [0.5, 0.6) is 0 Å². The number of rotatable bonds is 12. The molecule has 4 rings (SSSR count). The van der Waals surface area contributed by atoms with Crippen LogP contribution in [0, 0.1) is 0 Å². The van der Waals surface area contributed by atoms with Gasteiger partial charge < -0.3 is 24.0 Å². The van der Waals surface area contributed by atoms with Gasteiger partial charge in [-0.3, -0.25) is 0 Å². The average Bonchev–Trinajstić information content (AvgIpc) is 3.42. The summed E-state index contributed by atoms with van der Waals surface area (Å²) in [4.78, 5) is 22.2. The summed E-state index contributed by atoms with van der Waals surface area (Å²) in [7, 11) is -2.39. The molecule has 2 aliphatic heterocycles. The highest BCUT2D eigenvalue weighted by molar-refractivity contribution is 6.76. The summed E-state index contributed by atoms with van der Waals surface area (Å²) in [6.45, 7) is 22.4. The van der Waals surface area contributed by atoms with Gasteiger partial charge in [-0.1, -0.05) is 39.3 Å². The van der Waals surface area contributed by atoms with Gasteiger partial charge in [-0.15, -0.1) is 0 Å². The average molecular weight is 604 g/mol. The van der Waals surface area contributed by atoms with E-state index in [0.29, 0.717) is 13.5 Å². The van der Waals surface area contributed by atoms with Crippen molar-refractivity contribution in [2.45, 2.75) is 121 Å². The van der Waals surface area contributed by atoms with E-state index in [1.165, 1.54) is 0 Å². The van der Waals surface area contributed by atoms with Crippen molar-refractivity contribution in [3.63, 3.8) is 0 Å². The van der Waals surface area contributed by atoms with Crippen LogP contribution in [0.3, 0.4) is 0 Å². The van der Waals surface area contributed by atoms with Crippen molar-refractivity contribution in [1.82, 2.24) is 19.5 Å². The number of amides is 1. The van der Waals surface area contributed by atoms with Gasteiger partial charge in [-0.05, 0) is 58.5 Å². The van der Waals surface area contributed by atoms with Gasteiger partial charge in [0.05, 0.1) is 6.20 Å². The lowest BCUT2D eigenvalue weighted by molar-refractivity contribution is 0.00569. The zero-order chi connectivity index (χ0) is 30.0. The number of carbonyl (C=O) groups is 1. The maximum Gasteiger partial charge on any atom is 0.410 e. The lowest BCUT2D eigenvalue weighted by Crippen LogP contribution is -2.48. The quantitative estimate of drug-likeness (QED) is 0.150. The molecule has 230 valence electrons. The Kier molecular flexibility index (Phi) is 9.92. The van der Waals surface area contributed by atoms with E-state index in [1.807, 2.05) is 36.3 Å². The third-order valence-corrected chi connectivity index (χ3v) is 11.3. The van der Waals surface area contributed by atoms with Gasteiger partial charge in [0.1, 0.15) is 24.9 Å². The highest BCUT2D eigenvalue weighted by atomic mass is 28.3. The molecule has 0 unspecified atom stereocenters. The molecule has 0 aliphatic carbocycles. The zero-order valence-corrected chi connectivity index (χ0v) is 28.9. The van der Waals surface area contributed by atoms with E-state index in [-0.39, 0.29) is 24.1 Å². The molecule has 0 radical (unpaired) electrons. The van der Waals surface area contributed by atoms with Gasteiger partial charge in [-0.2, -0.15) is 9.61 Å². The Morgan fingerprint density at radius 1 is 0.976 bits per heavy atom. The number of nitrogens with zero attached hydrogens (tertiary/aromatic N) is 5. The van der Waals surface area contributed by atoms with Crippen LogP contribution in [0.4, 0.5) is 10.6 Å². The van der Waals surface area contributed by atoms with Crippen LogP contribution in [0.25, 0.3) is 5.65 Å². The number of hydrogen-bond donors (Lipinski definition) is 0. The molecular formula is C30H53N5O4Si2. The Balaban J connectivity index is 1.54. The fourth-order valence-corrected chi connectivity index (χ4v) is 7.17. The van der Waals surface area contributed by atoms with Crippen LogP contribution in [0.1, 0.15) is 58.1 Å². The molecule has 2 bridgehead atoms. The van der Waals surface area contributed by atoms with Gasteiger partial charge in [0.15, 0.2) is 5.65 Å². The predicted octanol–water partition coefficient (Wildman–Crippen LogP) is 6.81. The summed E-state index contributed by atoms with van der Waals surface area (Å²) in [6.07, 6.45) is 5.45. The first kappa shape index (κ1) is 32.0. The van der Waals surface area contributed by atoms with Crippen LogP contribution < -0.4 is 4.90 Å². The van der Waals surface area contributed by atoms with E-state index in [9.17, 15) is 4.79 Å². The summed E-state index contributed by atoms with van der Waals surface area (Å²) >= 11 is 0. The molecule has 2 fully saturated rings. The van der Waals surface area contributed by atoms with Gasteiger partial charge in [-0.25, -0.2) is 9.78 Å². The largest absolute Gasteiger partial charge is 0.444 e. The van der Waals surface area contributed by atoms with Crippen LogP contribution in [0.15, 0.2) is 18.3 Å². The van der Waals surface area contributed by atoms with Crippen molar-refractivity contribution >= 4 is 33.7 Å². The van der Waals surface area contributed by atoms with Crippen LogP contribution in [-0.2, 0) is 14.2 Å². The number of carbonyl (C=O) groups excluding carboxylic acids is 1. The molecule has 4 heterocycles. The molecule has 2 aromatic rings. The minimum Gasteiger partial charge on any atom is -0.444 e. The first-order valence-corrected chi connectivity index (χ1v) is 22.8. The molecule has 2 saturated heterocycles. The number of piperidine rings is 1. The first-order valence-electron chi connectivity index (χ1n) is 15.4. The van der Waals surface area contributed by atoms with Gasteiger partial charge in [0.25, 0.3) is 0 Å². The molecule has 0 spiro atoms. The first-order chi connectivity index (χ1) is 19.1. The van der Waals surface area contributed by atoms with Crippen LogP contribution in [-0.4, -0.2) is 86.1 Å². The highest BCUT2D eigenvalue weighted by Gasteiger charge is 2.45. The van der Waals surface area contributed by atoms with Gasteiger partial charge >= 0.3 is 6.09 Å². The maximum atomic E-state index is 13.0. The number of hydrogen-bond acceptors (Lipinski definition) is 7. The highest BCUT2D eigenvalue weighted by Crippen LogP contribution is 2.44. The normalized spacial score (nSPS) is 21.5. The van der Waals surface area contributed by atoms with Crippen LogP contribution in [0.2, 0.25) is 51.4 Å². The molecule has 2 aliphatic rings. The molecule has 0 aromatic carbocycles. The van der Waals surface area contributed by atoms with E-state index in [0.717, 1.165) is 68.1 Å². The Morgan fingerprint density at radius 3 is 2.05 bits per heavy atom. The molecule has 9 nitrogen and oxygen atoms in total. The van der Waals surface area contributed by atoms with Crippen molar-refractivity contribution < 1.29 is 19.0 Å². The Labute approximate surface area is 248 Å². The fraction of sp³-hybridized carbons (Fsp3) is 0.767. The SMILES string of the molecule is CC(C)(C)OC(=O)N1[C@@H]2CC[C@H]1C[C@H](c1cc(N(COCC[Si](C)(C)C)COCC[Si](C)(C)C)n3nccc3n1)C2. The Morgan fingerprint density at radius 2 is 1.54 bits per heavy atom. The standard InChI is InChI=1S/C30H53N5O4Si2/c1-30(2,3)39-29(36)34-24-10-11-25(34)19-23(18-24)26-20-28(35-27(32-26)12-13-31-35)33(21-37-14-16-40(4,5)6)22-38-15-17-41(7,8)9/h12-13,20,23-25H,10-11,14-19,21-22H2,1-9H3/t23-,24-,25+. The van der Waals surface area contributed by atoms with E-state index in [2.05, 4.69) is 55.3 Å². The molecule has 41 heavy (non-hydrogen) atoms. The summed E-state index contributed by atoms with van der Waals surface area (Å²) in [6, 6.07) is 6.76. The molecule has 1 amide bonds. The number of ether oxygens (including phenoxy) is 3. The fourth-order valence-electron chi connectivity index (χ4n) is 5.66. The number of fused-ring (bicyclic) bond motifs is 3. The predicted molar refractivity (Wildman–Crippen MR) is 170 cm³/mol. The Bertz CT molecular complexity index is 1130. The molecular weight excluding hydrogens is 551 g/mol. The number of anilines is 1. The van der Waals surface area contributed by atoms with Crippen molar-refractivity contribution in [2.75, 3.05) is 31.6 Å². The summed E-state index contributed by atoms with van der Waals surface area (Å²) in [5.74, 6) is 1.21. The molecule has 3 atom stereocenters. The van der Waals surface area contributed by atoms with E-state index in [1.54, 1.807) is 6.20 Å². The van der Waals surface area contributed by atoms with Gasteiger partial charge in [0.2, 0.25) is 0 Å². The third-order valence-electron chi connectivity index (χ3n) is 7.93. The van der Waals surface area contributed by atoms with Crippen molar-refractivity contribution in [2.24, 2.45) is 0 Å². The minimum atomic E-state index is -1.19.